The third kappa shape index (κ3) is 4.08. The van der Waals surface area contributed by atoms with Crippen LogP contribution in [0.1, 0.15) is 19.4 Å². The van der Waals surface area contributed by atoms with E-state index >= 15 is 0 Å². The molecule has 1 unspecified atom stereocenters. The van der Waals surface area contributed by atoms with Gasteiger partial charge in [-0.25, -0.2) is 9.59 Å². The highest BCUT2D eigenvalue weighted by atomic mass is 16.5. The molecule has 0 aromatic heterocycles. The molecule has 1 aromatic carbocycles. The van der Waals surface area contributed by atoms with E-state index in [9.17, 15) is 9.59 Å². The van der Waals surface area contributed by atoms with Gasteiger partial charge in [-0.3, -0.25) is 0 Å². The monoisotopic (exact) mass is 250 g/mol. The number of nitrogens with one attached hydrogen (secondary N) is 2. The second-order valence-corrected chi connectivity index (χ2v) is 3.90. The van der Waals surface area contributed by atoms with Crippen molar-refractivity contribution in [3.05, 3.63) is 29.8 Å². The number of hydrogen-bond acceptors (Lipinski definition) is 3. The van der Waals surface area contributed by atoms with Crippen LogP contribution in [0.2, 0.25) is 0 Å². The van der Waals surface area contributed by atoms with Gasteiger partial charge in [0.25, 0.3) is 0 Å². The van der Waals surface area contributed by atoms with Gasteiger partial charge < -0.3 is 15.4 Å². The fourth-order valence-corrected chi connectivity index (χ4v) is 1.47. The average Bonchev–Trinajstić information content (AvgIpc) is 2.37. The highest BCUT2D eigenvalue weighted by molar-refractivity contribution is 5.92. The second-order valence-electron chi connectivity index (χ2n) is 3.90. The van der Waals surface area contributed by atoms with E-state index in [1.54, 1.807) is 13.0 Å². The van der Waals surface area contributed by atoms with E-state index in [0.717, 1.165) is 12.0 Å². The fraction of sp³-hybridized carbons (Fsp3) is 0.385. The Morgan fingerprint density at radius 3 is 2.72 bits per heavy atom. The van der Waals surface area contributed by atoms with Crippen molar-refractivity contribution in [2.75, 3.05) is 12.4 Å². The first-order valence-electron chi connectivity index (χ1n) is 5.81. The van der Waals surface area contributed by atoms with Crippen molar-refractivity contribution in [3.63, 3.8) is 0 Å². The molecule has 0 fully saturated rings. The summed E-state index contributed by atoms with van der Waals surface area (Å²) in [5.41, 5.74) is 1.83. The van der Waals surface area contributed by atoms with E-state index in [4.69, 9.17) is 0 Å². The van der Waals surface area contributed by atoms with Crippen molar-refractivity contribution >= 4 is 17.7 Å². The lowest BCUT2D eigenvalue weighted by atomic mass is 10.1. The predicted octanol–water partition coefficient (Wildman–Crippen LogP) is 1.93. The molecule has 98 valence electrons. The van der Waals surface area contributed by atoms with Crippen LogP contribution >= 0.6 is 0 Å². The molecule has 0 heterocycles. The van der Waals surface area contributed by atoms with Crippen LogP contribution in [0, 0.1) is 0 Å². The van der Waals surface area contributed by atoms with Crippen LogP contribution in [0.25, 0.3) is 0 Å². The Bertz CT molecular complexity index is 432. The zero-order chi connectivity index (χ0) is 13.5. The Hall–Kier alpha value is -2.04. The minimum atomic E-state index is -0.677. The van der Waals surface area contributed by atoms with E-state index in [-0.39, 0.29) is 0 Å². The van der Waals surface area contributed by atoms with Gasteiger partial charge in [0.15, 0.2) is 0 Å². The number of carbonyl (C=O) groups excluding carboxylic acids is 2. The van der Waals surface area contributed by atoms with Crippen LogP contribution < -0.4 is 10.6 Å². The number of methoxy groups -OCH3 is 1. The molecular formula is C13H18N2O3. The van der Waals surface area contributed by atoms with Crippen LogP contribution in [0.15, 0.2) is 24.3 Å². The van der Waals surface area contributed by atoms with Crippen LogP contribution in [0.4, 0.5) is 10.5 Å². The molecule has 0 saturated carbocycles. The summed E-state index contributed by atoms with van der Waals surface area (Å²) >= 11 is 0. The van der Waals surface area contributed by atoms with Crippen LogP contribution in [0.5, 0.6) is 0 Å². The first-order chi connectivity index (χ1) is 8.56. The SMILES string of the molecule is CCc1cccc(NC(=O)NC(C)C(=O)OC)c1. The van der Waals surface area contributed by atoms with Gasteiger partial charge in [0.05, 0.1) is 7.11 Å². The number of rotatable bonds is 4. The number of amides is 2. The van der Waals surface area contributed by atoms with Crippen molar-refractivity contribution in [3.8, 4) is 0 Å². The maximum Gasteiger partial charge on any atom is 0.328 e. The van der Waals surface area contributed by atoms with E-state index < -0.39 is 18.0 Å². The summed E-state index contributed by atoms with van der Waals surface area (Å²) in [5, 5.41) is 5.16. The molecule has 0 aliphatic heterocycles. The summed E-state index contributed by atoms with van der Waals surface area (Å²) in [6.07, 6.45) is 0.899. The largest absolute Gasteiger partial charge is 0.467 e. The molecule has 0 aliphatic carbocycles. The van der Waals surface area contributed by atoms with Crippen molar-refractivity contribution in [1.29, 1.82) is 0 Å². The Morgan fingerprint density at radius 2 is 2.11 bits per heavy atom. The third-order valence-electron chi connectivity index (χ3n) is 2.50. The molecule has 0 aliphatic rings. The molecule has 18 heavy (non-hydrogen) atoms. The molecule has 0 saturated heterocycles. The Labute approximate surface area is 107 Å². The van der Waals surface area contributed by atoms with E-state index in [1.165, 1.54) is 7.11 Å². The van der Waals surface area contributed by atoms with Gasteiger partial charge in [-0.15, -0.1) is 0 Å². The Morgan fingerprint density at radius 1 is 1.39 bits per heavy atom. The Kier molecular flexibility index (Phi) is 5.17. The molecule has 0 radical (unpaired) electrons. The van der Waals surface area contributed by atoms with E-state index in [2.05, 4.69) is 15.4 Å². The number of esters is 1. The van der Waals surface area contributed by atoms with Crippen molar-refractivity contribution in [2.45, 2.75) is 26.3 Å². The standard InChI is InChI=1S/C13H18N2O3/c1-4-10-6-5-7-11(8-10)15-13(17)14-9(2)12(16)18-3/h5-9H,4H2,1-3H3,(H2,14,15,17). The lowest BCUT2D eigenvalue weighted by Crippen LogP contribution is -2.41. The molecular weight excluding hydrogens is 232 g/mol. The number of hydrogen-bond donors (Lipinski definition) is 2. The number of anilines is 1. The maximum atomic E-state index is 11.6. The number of ether oxygens (including phenoxy) is 1. The summed E-state index contributed by atoms with van der Waals surface area (Å²) < 4.78 is 4.52. The van der Waals surface area contributed by atoms with E-state index in [0.29, 0.717) is 5.69 Å². The van der Waals surface area contributed by atoms with Gasteiger partial charge in [0, 0.05) is 5.69 Å². The maximum absolute atomic E-state index is 11.6. The lowest BCUT2D eigenvalue weighted by molar-refractivity contribution is -0.142. The van der Waals surface area contributed by atoms with Gasteiger partial charge in [-0.05, 0) is 31.0 Å². The van der Waals surface area contributed by atoms with Gasteiger partial charge in [-0.1, -0.05) is 19.1 Å². The van der Waals surface area contributed by atoms with Crippen LogP contribution in [0.3, 0.4) is 0 Å². The zero-order valence-corrected chi connectivity index (χ0v) is 10.8. The topological polar surface area (TPSA) is 67.4 Å². The normalized spacial score (nSPS) is 11.5. The molecule has 1 atom stereocenters. The lowest BCUT2D eigenvalue weighted by Gasteiger charge is -2.12. The molecule has 5 nitrogen and oxygen atoms in total. The fourth-order valence-electron chi connectivity index (χ4n) is 1.47. The number of benzene rings is 1. The zero-order valence-electron chi connectivity index (χ0n) is 10.8. The molecule has 0 spiro atoms. The minimum absolute atomic E-state index is 0.429. The van der Waals surface area contributed by atoms with Gasteiger partial charge in [-0.2, -0.15) is 0 Å². The third-order valence-corrected chi connectivity index (χ3v) is 2.50. The average molecular weight is 250 g/mol. The molecule has 5 heteroatoms. The Balaban J connectivity index is 2.56. The van der Waals surface area contributed by atoms with Crippen LogP contribution in [-0.2, 0) is 16.0 Å². The molecule has 1 aromatic rings. The van der Waals surface area contributed by atoms with Crippen LogP contribution in [-0.4, -0.2) is 25.2 Å². The summed E-state index contributed by atoms with van der Waals surface area (Å²) in [7, 11) is 1.28. The van der Waals surface area contributed by atoms with Gasteiger partial charge >= 0.3 is 12.0 Å². The summed E-state index contributed by atoms with van der Waals surface area (Å²) in [4.78, 5) is 22.7. The van der Waals surface area contributed by atoms with Crippen molar-refractivity contribution in [2.24, 2.45) is 0 Å². The highest BCUT2D eigenvalue weighted by Crippen LogP contribution is 2.10. The smallest absolute Gasteiger partial charge is 0.328 e. The summed E-state index contributed by atoms with van der Waals surface area (Å²) in [6.45, 7) is 3.60. The predicted molar refractivity (Wildman–Crippen MR) is 69.5 cm³/mol. The van der Waals surface area contributed by atoms with E-state index in [1.807, 2.05) is 25.1 Å². The summed E-state index contributed by atoms with van der Waals surface area (Å²) in [5.74, 6) is -0.479. The number of carbonyl (C=O) groups is 2. The molecule has 1 rings (SSSR count). The number of urea groups is 1. The van der Waals surface area contributed by atoms with Crippen molar-refractivity contribution in [1.82, 2.24) is 5.32 Å². The highest BCUT2D eigenvalue weighted by Gasteiger charge is 2.15. The van der Waals surface area contributed by atoms with Gasteiger partial charge in [0.2, 0.25) is 0 Å². The first kappa shape index (κ1) is 14.0. The quantitative estimate of drug-likeness (QED) is 0.802. The summed E-state index contributed by atoms with van der Waals surface area (Å²) in [6, 6.07) is 6.44. The number of aryl methyl sites for hydroxylation is 1. The first-order valence-corrected chi connectivity index (χ1v) is 5.81. The second kappa shape index (κ2) is 6.64. The van der Waals surface area contributed by atoms with Crippen molar-refractivity contribution < 1.29 is 14.3 Å². The minimum Gasteiger partial charge on any atom is -0.467 e. The van der Waals surface area contributed by atoms with Gasteiger partial charge in [0.1, 0.15) is 6.04 Å². The molecule has 0 bridgehead atoms. The molecule has 2 amide bonds. The molecule has 2 N–H and O–H groups in total.